The number of hydrogen-bond donors (Lipinski definition) is 0. The van der Waals surface area contributed by atoms with Gasteiger partial charge in [0.05, 0.1) is 19.6 Å². The first-order valence-corrected chi connectivity index (χ1v) is 7.68. The Balaban J connectivity index is 2.77. The standard InChI is InChI=1S/C16H26ClNO2/c1-5-9-18(10-6-2)12-14(17)13-7-8-15(19-3)16(11-13)20-4/h7-8,11,14H,5-6,9-10,12H2,1-4H3. The van der Waals surface area contributed by atoms with Crippen LogP contribution in [0.15, 0.2) is 18.2 Å². The van der Waals surface area contributed by atoms with Gasteiger partial charge in [-0.15, -0.1) is 11.6 Å². The Kier molecular flexibility index (Phi) is 7.78. The first-order valence-electron chi connectivity index (χ1n) is 7.24. The van der Waals surface area contributed by atoms with Crippen LogP contribution in [0.4, 0.5) is 0 Å². The summed E-state index contributed by atoms with van der Waals surface area (Å²) in [5, 5.41) is -0.0343. The van der Waals surface area contributed by atoms with Crippen molar-refractivity contribution in [1.82, 2.24) is 4.90 Å². The number of ether oxygens (including phenoxy) is 2. The predicted octanol–water partition coefficient (Wildman–Crippen LogP) is 4.11. The fourth-order valence-corrected chi connectivity index (χ4v) is 2.64. The van der Waals surface area contributed by atoms with Gasteiger partial charge in [0.1, 0.15) is 0 Å². The normalized spacial score (nSPS) is 12.5. The van der Waals surface area contributed by atoms with E-state index in [2.05, 4.69) is 18.7 Å². The molecule has 0 heterocycles. The van der Waals surface area contributed by atoms with Gasteiger partial charge >= 0.3 is 0 Å². The third-order valence-electron chi connectivity index (χ3n) is 3.27. The lowest BCUT2D eigenvalue weighted by Gasteiger charge is -2.24. The van der Waals surface area contributed by atoms with Crippen LogP contribution in [0.5, 0.6) is 11.5 Å². The number of benzene rings is 1. The molecule has 0 spiro atoms. The average Bonchev–Trinajstić information content (AvgIpc) is 2.46. The van der Waals surface area contributed by atoms with Crippen LogP contribution in [0.2, 0.25) is 0 Å². The lowest BCUT2D eigenvalue weighted by molar-refractivity contribution is 0.274. The van der Waals surface area contributed by atoms with E-state index in [4.69, 9.17) is 21.1 Å². The quantitative estimate of drug-likeness (QED) is 0.641. The van der Waals surface area contributed by atoms with Crippen LogP contribution in [0.3, 0.4) is 0 Å². The summed E-state index contributed by atoms with van der Waals surface area (Å²) in [6, 6.07) is 5.88. The average molecular weight is 300 g/mol. The molecule has 1 aromatic rings. The molecule has 0 aliphatic carbocycles. The molecule has 4 heteroatoms. The number of hydrogen-bond acceptors (Lipinski definition) is 3. The second-order valence-corrected chi connectivity index (χ2v) is 5.41. The van der Waals surface area contributed by atoms with Crippen molar-refractivity contribution in [3.8, 4) is 11.5 Å². The Morgan fingerprint density at radius 1 is 1.05 bits per heavy atom. The van der Waals surface area contributed by atoms with E-state index < -0.39 is 0 Å². The zero-order chi connectivity index (χ0) is 15.0. The van der Waals surface area contributed by atoms with Crippen molar-refractivity contribution in [2.24, 2.45) is 0 Å². The minimum Gasteiger partial charge on any atom is -0.493 e. The van der Waals surface area contributed by atoms with Gasteiger partial charge in [-0.05, 0) is 43.6 Å². The highest BCUT2D eigenvalue weighted by Crippen LogP contribution is 2.32. The maximum absolute atomic E-state index is 6.56. The molecule has 1 aromatic carbocycles. The summed E-state index contributed by atoms with van der Waals surface area (Å²) in [4.78, 5) is 2.41. The topological polar surface area (TPSA) is 21.7 Å². The highest BCUT2D eigenvalue weighted by atomic mass is 35.5. The molecule has 114 valence electrons. The monoisotopic (exact) mass is 299 g/mol. The van der Waals surface area contributed by atoms with E-state index in [0.717, 1.165) is 49.5 Å². The Morgan fingerprint density at radius 3 is 2.15 bits per heavy atom. The lowest BCUT2D eigenvalue weighted by Crippen LogP contribution is -2.28. The number of methoxy groups -OCH3 is 2. The molecule has 0 bridgehead atoms. The van der Waals surface area contributed by atoms with Crippen molar-refractivity contribution >= 4 is 11.6 Å². The number of rotatable bonds is 9. The molecule has 0 N–H and O–H groups in total. The first-order chi connectivity index (χ1) is 9.65. The van der Waals surface area contributed by atoms with Crippen molar-refractivity contribution < 1.29 is 9.47 Å². The second-order valence-electron chi connectivity index (χ2n) is 4.88. The highest BCUT2D eigenvalue weighted by molar-refractivity contribution is 6.21. The molecule has 0 saturated heterocycles. The smallest absolute Gasteiger partial charge is 0.161 e. The molecule has 20 heavy (non-hydrogen) atoms. The molecule has 0 aliphatic heterocycles. The van der Waals surface area contributed by atoms with Crippen molar-refractivity contribution in [2.75, 3.05) is 33.9 Å². The molecule has 0 saturated carbocycles. The van der Waals surface area contributed by atoms with E-state index in [-0.39, 0.29) is 5.38 Å². The number of halogens is 1. The van der Waals surface area contributed by atoms with E-state index in [1.807, 2.05) is 18.2 Å². The van der Waals surface area contributed by atoms with Gasteiger partial charge in [0.2, 0.25) is 0 Å². The second kappa shape index (κ2) is 9.09. The van der Waals surface area contributed by atoms with Gasteiger partial charge in [0.25, 0.3) is 0 Å². The largest absolute Gasteiger partial charge is 0.493 e. The highest BCUT2D eigenvalue weighted by Gasteiger charge is 2.15. The van der Waals surface area contributed by atoms with Crippen LogP contribution in [0.25, 0.3) is 0 Å². The molecule has 0 aromatic heterocycles. The van der Waals surface area contributed by atoms with Gasteiger partial charge in [-0.2, -0.15) is 0 Å². The van der Waals surface area contributed by atoms with Crippen LogP contribution in [-0.4, -0.2) is 38.8 Å². The fraction of sp³-hybridized carbons (Fsp3) is 0.625. The minimum absolute atomic E-state index is 0.0343. The molecule has 1 unspecified atom stereocenters. The number of alkyl halides is 1. The summed E-state index contributed by atoms with van der Waals surface area (Å²) >= 11 is 6.56. The van der Waals surface area contributed by atoms with Crippen LogP contribution in [-0.2, 0) is 0 Å². The van der Waals surface area contributed by atoms with Gasteiger partial charge in [0.15, 0.2) is 11.5 Å². The van der Waals surface area contributed by atoms with Gasteiger partial charge in [-0.1, -0.05) is 19.9 Å². The Bertz CT molecular complexity index is 392. The number of nitrogens with zero attached hydrogens (tertiary/aromatic N) is 1. The summed E-state index contributed by atoms with van der Waals surface area (Å²) in [5.74, 6) is 1.47. The van der Waals surface area contributed by atoms with Crippen LogP contribution >= 0.6 is 11.6 Å². The summed E-state index contributed by atoms with van der Waals surface area (Å²) in [7, 11) is 3.28. The van der Waals surface area contributed by atoms with Gasteiger partial charge in [-0.25, -0.2) is 0 Å². The SMILES string of the molecule is CCCN(CCC)CC(Cl)c1ccc(OC)c(OC)c1. The Hall–Kier alpha value is -0.930. The van der Waals surface area contributed by atoms with Crippen LogP contribution in [0, 0.1) is 0 Å². The third-order valence-corrected chi connectivity index (χ3v) is 3.66. The van der Waals surface area contributed by atoms with Gasteiger partial charge in [-0.3, -0.25) is 0 Å². The maximum atomic E-state index is 6.56. The molecule has 1 atom stereocenters. The van der Waals surface area contributed by atoms with E-state index in [1.54, 1.807) is 14.2 Å². The van der Waals surface area contributed by atoms with E-state index in [0.29, 0.717) is 0 Å². The molecular weight excluding hydrogens is 274 g/mol. The zero-order valence-electron chi connectivity index (χ0n) is 13.0. The fourth-order valence-electron chi connectivity index (χ4n) is 2.31. The first kappa shape index (κ1) is 17.1. The summed E-state index contributed by atoms with van der Waals surface area (Å²) < 4.78 is 10.6. The van der Waals surface area contributed by atoms with Crippen molar-refractivity contribution in [2.45, 2.75) is 32.1 Å². The molecule has 0 amide bonds. The molecule has 0 aliphatic rings. The molecule has 0 fully saturated rings. The summed E-state index contributed by atoms with van der Waals surface area (Å²) in [6.45, 7) is 7.43. The van der Waals surface area contributed by atoms with Crippen LogP contribution in [0.1, 0.15) is 37.6 Å². The van der Waals surface area contributed by atoms with Gasteiger partial charge < -0.3 is 14.4 Å². The van der Waals surface area contributed by atoms with E-state index in [9.17, 15) is 0 Å². The van der Waals surface area contributed by atoms with Gasteiger partial charge in [0, 0.05) is 6.54 Å². The van der Waals surface area contributed by atoms with Crippen molar-refractivity contribution in [1.29, 1.82) is 0 Å². The molecule has 3 nitrogen and oxygen atoms in total. The molecule has 1 rings (SSSR count). The Labute approximate surface area is 127 Å². The summed E-state index contributed by atoms with van der Waals surface area (Å²) in [5.41, 5.74) is 1.07. The maximum Gasteiger partial charge on any atom is 0.161 e. The summed E-state index contributed by atoms with van der Waals surface area (Å²) in [6.07, 6.45) is 2.30. The Morgan fingerprint density at radius 2 is 1.65 bits per heavy atom. The minimum atomic E-state index is -0.0343. The third kappa shape index (κ3) is 4.88. The lowest BCUT2D eigenvalue weighted by atomic mass is 10.1. The molecular formula is C16H26ClNO2. The molecule has 0 radical (unpaired) electrons. The van der Waals surface area contributed by atoms with E-state index >= 15 is 0 Å². The predicted molar refractivity (Wildman–Crippen MR) is 85.2 cm³/mol. The van der Waals surface area contributed by atoms with Crippen molar-refractivity contribution in [3.05, 3.63) is 23.8 Å². The zero-order valence-corrected chi connectivity index (χ0v) is 13.7. The van der Waals surface area contributed by atoms with E-state index in [1.165, 1.54) is 0 Å². The van der Waals surface area contributed by atoms with Crippen LogP contribution < -0.4 is 9.47 Å². The van der Waals surface area contributed by atoms with Crippen molar-refractivity contribution in [3.63, 3.8) is 0 Å².